The monoisotopic (exact) mass is 548 g/mol. The Labute approximate surface area is 231 Å². The van der Waals surface area contributed by atoms with Crippen molar-refractivity contribution in [3.05, 3.63) is 34.9 Å². The van der Waals surface area contributed by atoms with Crippen molar-refractivity contribution in [1.82, 2.24) is 15.5 Å². The Morgan fingerprint density at radius 3 is 2.23 bits per heavy atom. The van der Waals surface area contributed by atoms with E-state index in [4.69, 9.17) is 15.2 Å². The Morgan fingerprint density at radius 1 is 1.08 bits per heavy atom. The molecule has 39 heavy (non-hydrogen) atoms. The van der Waals surface area contributed by atoms with Crippen molar-refractivity contribution in [2.45, 2.75) is 98.4 Å². The van der Waals surface area contributed by atoms with Gasteiger partial charge in [-0.15, -0.1) is 0 Å². The Bertz CT molecular complexity index is 1040. The fourth-order valence-corrected chi connectivity index (χ4v) is 3.99. The number of nitrogens with two attached hydrogens (primary N) is 1. The normalized spacial score (nSPS) is 13.4. The number of ether oxygens (including phenoxy) is 2. The number of alkyl carbamates (subject to hydrolysis) is 1. The molecule has 0 aliphatic rings. The molecule has 4 amide bonds. The zero-order valence-electron chi connectivity index (χ0n) is 24.4. The summed E-state index contributed by atoms with van der Waals surface area (Å²) < 4.78 is 10.2. The van der Waals surface area contributed by atoms with E-state index in [1.807, 2.05) is 32.9 Å². The number of primary amides is 1. The molecular weight excluding hydrogens is 504 g/mol. The zero-order valence-corrected chi connectivity index (χ0v) is 24.4. The number of hydrogen-bond donors (Lipinski definition) is 3. The molecule has 0 bridgehead atoms. The molecule has 4 N–H and O–H groups in total. The molecule has 11 nitrogen and oxygen atoms in total. The Balaban J connectivity index is 3.53. The summed E-state index contributed by atoms with van der Waals surface area (Å²) in [4.78, 5) is 65.4. The van der Waals surface area contributed by atoms with E-state index in [1.54, 1.807) is 40.7 Å². The lowest BCUT2D eigenvalue weighted by molar-refractivity contribution is -0.146. The summed E-state index contributed by atoms with van der Waals surface area (Å²) in [5.41, 5.74) is 6.89. The summed E-state index contributed by atoms with van der Waals surface area (Å²) in [5, 5.41) is 5.20. The number of benzene rings is 1. The second-order valence-electron chi connectivity index (χ2n) is 10.5. The largest absolute Gasteiger partial charge is 0.466 e. The number of nitrogens with one attached hydrogen (secondary N) is 2. The average Bonchev–Trinajstić information content (AvgIpc) is 2.80. The van der Waals surface area contributed by atoms with Crippen LogP contribution in [0.4, 0.5) is 4.79 Å². The van der Waals surface area contributed by atoms with Gasteiger partial charge in [0.05, 0.1) is 19.4 Å². The third kappa shape index (κ3) is 10.9. The maximum atomic E-state index is 14.0. The van der Waals surface area contributed by atoms with Gasteiger partial charge in [0.2, 0.25) is 17.7 Å². The first-order valence-corrected chi connectivity index (χ1v) is 13.2. The van der Waals surface area contributed by atoms with Crippen LogP contribution in [0.5, 0.6) is 0 Å². The molecule has 1 aromatic rings. The molecule has 0 fully saturated rings. The van der Waals surface area contributed by atoms with E-state index in [1.165, 1.54) is 4.90 Å². The van der Waals surface area contributed by atoms with Gasteiger partial charge in [-0.2, -0.15) is 0 Å². The molecule has 218 valence electrons. The van der Waals surface area contributed by atoms with Crippen LogP contribution in [0.3, 0.4) is 0 Å². The number of esters is 1. The Morgan fingerprint density at radius 2 is 1.72 bits per heavy atom. The highest BCUT2D eigenvalue weighted by atomic mass is 16.6. The van der Waals surface area contributed by atoms with Gasteiger partial charge in [0.1, 0.15) is 17.7 Å². The summed E-state index contributed by atoms with van der Waals surface area (Å²) in [7, 11) is 0. The standard InChI is InChI=1S/C28H44N4O7/c1-9-19(5)32(26(36)21(16-22(29)33)31-27(37)39-28(6,7)8)24(20-12-11-17(3)15-18(20)4)25(35)30-14-13-23(34)38-10-2/h11-12,15,19,21,24H,9-10,13-14,16H2,1-8H3,(H2,29,33)(H,30,35)(H,31,37). The summed E-state index contributed by atoms with van der Waals surface area (Å²) in [6.45, 7) is 14.3. The lowest BCUT2D eigenvalue weighted by Crippen LogP contribution is -2.56. The molecule has 0 aliphatic carbocycles. The molecule has 0 saturated heterocycles. The van der Waals surface area contributed by atoms with Crippen LogP contribution in [0.15, 0.2) is 18.2 Å². The summed E-state index contributed by atoms with van der Waals surface area (Å²) in [6, 6.07) is 2.54. The SMILES string of the molecule is CCOC(=O)CCNC(=O)C(c1ccc(C)cc1C)N(C(=O)C(CC(N)=O)NC(=O)OC(C)(C)C)C(C)CC. The van der Waals surface area contributed by atoms with E-state index < -0.39 is 59.9 Å². The molecule has 3 atom stereocenters. The predicted molar refractivity (Wildman–Crippen MR) is 146 cm³/mol. The number of amides is 4. The van der Waals surface area contributed by atoms with Crippen molar-refractivity contribution in [2.24, 2.45) is 5.73 Å². The van der Waals surface area contributed by atoms with Gasteiger partial charge in [-0.05, 0) is 66.0 Å². The van der Waals surface area contributed by atoms with Crippen LogP contribution in [0, 0.1) is 13.8 Å². The molecule has 1 rings (SSSR count). The van der Waals surface area contributed by atoms with Crippen LogP contribution in [0.25, 0.3) is 0 Å². The topological polar surface area (TPSA) is 157 Å². The number of nitrogens with zero attached hydrogens (tertiary/aromatic N) is 1. The van der Waals surface area contributed by atoms with Gasteiger partial charge >= 0.3 is 12.1 Å². The van der Waals surface area contributed by atoms with Crippen LogP contribution in [-0.4, -0.2) is 65.5 Å². The first-order chi connectivity index (χ1) is 18.1. The first-order valence-electron chi connectivity index (χ1n) is 13.2. The molecule has 0 aliphatic heterocycles. The van der Waals surface area contributed by atoms with Gasteiger partial charge in [0.25, 0.3) is 0 Å². The lowest BCUT2D eigenvalue weighted by Gasteiger charge is -2.38. The van der Waals surface area contributed by atoms with Crippen LogP contribution < -0.4 is 16.4 Å². The number of carbonyl (C=O) groups excluding carboxylic acids is 5. The van der Waals surface area contributed by atoms with Crippen LogP contribution in [0.1, 0.15) is 83.5 Å². The minimum atomic E-state index is -1.37. The lowest BCUT2D eigenvalue weighted by atomic mass is 9.94. The van der Waals surface area contributed by atoms with Crippen LogP contribution in [0.2, 0.25) is 0 Å². The van der Waals surface area contributed by atoms with E-state index in [-0.39, 0.29) is 19.6 Å². The third-order valence-corrected chi connectivity index (χ3v) is 5.89. The molecule has 0 heterocycles. The van der Waals surface area contributed by atoms with Gasteiger partial charge < -0.3 is 30.7 Å². The van der Waals surface area contributed by atoms with Crippen molar-refractivity contribution in [2.75, 3.05) is 13.2 Å². The van der Waals surface area contributed by atoms with Crippen LogP contribution >= 0.6 is 0 Å². The summed E-state index contributed by atoms with van der Waals surface area (Å²) in [5.74, 6) is -2.45. The molecule has 0 saturated carbocycles. The second kappa shape index (κ2) is 15.1. The highest BCUT2D eigenvalue weighted by Gasteiger charge is 2.39. The number of aryl methyl sites for hydroxylation is 2. The second-order valence-corrected chi connectivity index (χ2v) is 10.5. The quantitative estimate of drug-likeness (QED) is 0.320. The van der Waals surface area contributed by atoms with E-state index in [9.17, 15) is 24.0 Å². The Kier molecular flexibility index (Phi) is 12.9. The van der Waals surface area contributed by atoms with E-state index in [0.29, 0.717) is 12.0 Å². The van der Waals surface area contributed by atoms with E-state index in [0.717, 1.165) is 11.1 Å². The molecular formula is C28H44N4O7. The fraction of sp³-hybridized carbons (Fsp3) is 0.607. The number of rotatable bonds is 13. The van der Waals surface area contributed by atoms with Crippen molar-refractivity contribution < 1.29 is 33.4 Å². The fourth-order valence-electron chi connectivity index (χ4n) is 3.99. The predicted octanol–water partition coefficient (Wildman–Crippen LogP) is 2.81. The van der Waals surface area contributed by atoms with Gasteiger partial charge in [-0.25, -0.2) is 4.79 Å². The molecule has 11 heteroatoms. The van der Waals surface area contributed by atoms with Gasteiger partial charge in [-0.3, -0.25) is 19.2 Å². The highest BCUT2D eigenvalue weighted by molar-refractivity contribution is 5.95. The molecule has 3 unspecified atom stereocenters. The van der Waals surface area contributed by atoms with E-state index in [2.05, 4.69) is 10.6 Å². The molecule has 0 radical (unpaired) electrons. The maximum Gasteiger partial charge on any atom is 0.408 e. The van der Waals surface area contributed by atoms with Gasteiger partial charge in [0.15, 0.2) is 0 Å². The summed E-state index contributed by atoms with van der Waals surface area (Å²) in [6.07, 6.45) is -0.956. The maximum absolute atomic E-state index is 14.0. The smallest absolute Gasteiger partial charge is 0.408 e. The van der Waals surface area contributed by atoms with Gasteiger partial charge in [-0.1, -0.05) is 30.7 Å². The van der Waals surface area contributed by atoms with Crippen molar-refractivity contribution >= 4 is 29.8 Å². The van der Waals surface area contributed by atoms with Crippen LogP contribution in [-0.2, 0) is 28.7 Å². The first kappa shape index (κ1) is 33.4. The minimum absolute atomic E-state index is 0.00247. The average molecular weight is 549 g/mol. The van der Waals surface area contributed by atoms with Crippen molar-refractivity contribution in [3.63, 3.8) is 0 Å². The highest BCUT2D eigenvalue weighted by Crippen LogP contribution is 2.29. The molecule has 0 spiro atoms. The number of carbonyl (C=O) groups is 5. The van der Waals surface area contributed by atoms with Gasteiger partial charge in [0, 0.05) is 12.6 Å². The third-order valence-electron chi connectivity index (χ3n) is 5.89. The minimum Gasteiger partial charge on any atom is -0.466 e. The van der Waals surface area contributed by atoms with Crippen molar-refractivity contribution in [1.29, 1.82) is 0 Å². The molecule has 1 aromatic carbocycles. The summed E-state index contributed by atoms with van der Waals surface area (Å²) >= 11 is 0. The van der Waals surface area contributed by atoms with Crippen molar-refractivity contribution in [3.8, 4) is 0 Å². The Hall–Kier alpha value is -3.63. The zero-order chi connectivity index (χ0) is 29.9. The van der Waals surface area contributed by atoms with E-state index >= 15 is 0 Å². The number of hydrogen-bond acceptors (Lipinski definition) is 7. The molecule has 0 aromatic heterocycles.